The van der Waals surface area contributed by atoms with Gasteiger partial charge in [-0.05, 0) is 36.4 Å². The van der Waals surface area contributed by atoms with Crippen LogP contribution in [0, 0.1) is 0 Å². The monoisotopic (exact) mass is 214 g/mol. The Balaban J connectivity index is 3.61. The summed E-state index contributed by atoms with van der Waals surface area (Å²) in [4.78, 5) is 0. The van der Waals surface area contributed by atoms with E-state index < -0.39 is 7.60 Å². The summed E-state index contributed by atoms with van der Waals surface area (Å²) in [5, 5.41) is 0. The molecular weight excluding hydrogens is 204 g/mol. The third-order valence-electron chi connectivity index (χ3n) is 0.866. The van der Waals surface area contributed by atoms with E-state index in [2.05, 4.69) is 19.6 Å². The maximum Gasteiger partial charge on any atom is 0.172 e. The smallest absolute Gasteiger partial charge is 0.172 e. The zero-order valence-electron chi connectivity index (χ0n) is 5.70. The minimum Gasteiger partial charge on any atom is -0.330 e. The van der Waals surface area contributed by atoms with Gasteiger partial charge in [-0.25, -0.2) is 0 Å². The molecule has 60 valence electrons. The summed E-state index contributed by atoms with van der Waals surface area (Å²) in [6.45, 7) is 2.79. The Morgan fingerprint density at radius 1 is 1.60 bits per heavy atom. The molecule has 0 aliphatic carbocycles. The molecule has 0 unspecified atom stereocenters. The maximum atomic E-state index is 5.13. The van der Waals surface area contributed by atoms with Gasteiger partial charge in [0.25, 0.3) is 0 Å². The molecule has 0 aromatic carbocycles. The van der Waals surface area contributed by atoms with Crippen LogP contribution in [0.1, 0.15) is 19.8 Å². The van der Waals surface area contributed by atoms with Crippen molar-refractivity contribution >= 4 is 47.0 Å². The van der Waals surface area contributed by atoms with E-state index in [9.17, 15) is 0 Å². The van der Waals surface area contributed by atoms with Crippen LogP contribution in [0.4, 0.5) is 0 Å². The number of hydrogen-bond donors (Lipinski definition) is 1. The minimum absolute atomic E-state index is 0.512. The lowest BCUT2D eigenvalue weighted by atomic mass is 10.4. The summed E-state index contributed by atoms with van der Waals surface area (Å²) in [5.74, 6) is 0. The van der Waals surface area contributed by atoms with E-state index in [-0.39, 0.29) is 0 Å². The van der Waals surface area contributed by atoms with Crippen LogP contribution in [0.15, 0.2) is 0 Å². The van der Waals surface area contributed by atoms with Crippen LogP contribution in [0.25, 0.3) is 0 Å². The van der Waals surface area contributed by atoms with Crippen LogP contribution in [0.2, 0.25) is 0 Å². The molecule has 0 saturated carbocycles. The topological polar surface area (TPSA) is 9.23 Å². The minimum atomic E-state index is -0.638. The summed E-state index contributed by atoms with van der Waals surface area (Å²) in [6.07, 6.45) is 2.15. The van der Waals surface area contributed by atoms with Gasteiger partial charge in [-0.15, -0.1) is 12.6 Å². The van der Waals surface area contributed by atoms with Crippen LogP contribution in [-0.2, 0) is 34.7 Å². The van der Waals surface area contributed by atoms with E-state index in [1.54, 1.807) is 0 Å². The number of hydrogen-bond acceptors (Lipinski definition) is 3. The Hall–Kier alpha value is 0.840. The molecular formula is C5H10OS4. The second-order valence-corrected chi connectivity index (χ2v) is 5.88. The number of rotatable bonds is 3. The molecule has 0 N–H and O–H groups in total. The van der Waals surface area contributed by atoms with Gasteiger partial charge in [0.1, 0.15) is 0 Å². The molecule has 0 saturated heterocycles. The Bertz CT molecular complexity index is 196. The van der Waals surface area contributed by atoms with Crippen molar-refractivity contribution in [2.75, 3.05) is 6.61 Å². The molecule has 0 aromatic heterocycles. The van der Waals surface area contributed by atoms with E-state index in [1.807, 2.05) is 0 Å². The highest BCUT2D eigenvalue weighted by molar-refractivity contribution is 8.49. The SMILES string of the molecule is CCCCOC(S)=S(=S)=S. The molecule has 1 nitrogen and oxygen atoms in total. The molecule has 0 atom stereocenters. The first kappa shape index (κ1) is 10.8. The van der Waals surface area contributed by atoms with Crippen LogP contribution in [0.3, 0.4) is 0 Å². The van der Waals surface area contributed by atoms with E-state index in [0.717, 1.165) is 12.8 Å². The van der Waals surface area contributed by atoms with Crippen molar-refractivity contribution in [1.82, 2.24) is 0 Å². The number of thiol groups is 1. The lowest BCUT2D eigenvalue weighted by molar-refractivity contribution is 0.313. The van der Waals surface area contributed by atoms with Gasteiger partial charge in [0.2, 0.25) is 0 Å². The fourth-order valence-electron chi connectivity index (χ4n) is 0.352. The fraction of sp³-hybridized carbons (Fsp3) is 0.800. The van der Waals surface area contributed by atoms with Gasteiger partial charge in [0.15, 0.2) is 4.38 Å². The molecule has 5 heteroatoms. The number of unbranched alkanes of at least 4 members (excludes halogenated alkanes) is 1. The lowest BCUT2D eigenvalue weighted by Gasteiger charge is -1.96. The Morgan fingerprint density at radius 3 is 2.60 bits per heavy atom. The Morgan fingerprint density at radius 2 is 2.20 bits per heavy atom. The molecule has 0 radical (unpaired) electrons. The standard InChI is InChI=1S/C5H10OS4/c1-2-3-4-6-5(7)10(8)9/h7H,2-4H2,1H3. The van der Waals surface area contributed by atoms with Gasteiger partial charge in [-0.1, -0.05) is 13.3 Å². The van der Waals surface area contributed by atoms with Crippen molar-refractivity contribution < 1.29 is 4.74 Å². The summed E-state index contributed by atoms with van der Waals surface area (Å²) in [6, 6.07) is 0. The molecule has 0 fully saturated rings. The summed E-state index contributed by atoms with van der Waals surface area (Å²) < 4.78 is 5.64. The Labute approximate surface area is 78.0 Å². The highest BCUT2D eigenvalue weighted by Gasteiger charge is 1.88. The van der Waals surface area contributed by atoms with E-state index in [0.29, 0.717) is 11.0 Å². The zero-order chi connectivity index (χ0) is 7.98. The first-order valence-electron chi connectivity index (χ1n) is 2.96. The molecule has 0 heterocycles. The van der Waals surface area contributed by atoms with Gasteiger partial charge >= 0.3 is 0 Å². The summed E-state index contributed by atoms with van der Waals surface area (Å²) >= 11 is 13.5. The highest BCUT2D eigenvalue weighted by atomic mass is 33.1. The zero-order valence-corrected chi connectivity index (χ0v) is 9.05. The van der Waals surface area contributed by atoms with Gasteiger partial charge in [0.05, 0.1) is 6.61 Å². The molecule has 0 aliphatic rings. The van der Waals surface area contributed by atoms with E-state index in [4.69, 9.17) is 27.1 Å². The van der Waals surface area contributed by atoms with E-state index in [1.165, 1.54) is 0 Å². The quantitative estimate of drug-likeness (QED) is 0.432. The van der Waals surface area contributed by atoms with Gasteiger partial charge in [-0.3, -0.25) is 0 Å². The van der Waals surface area contributed by atoms with Gasteiger partial charge < -0.3 is 4.74 Å². The molecule has 10 heavy (non-hydrogen) atoms. The third-order valence-corrected chi connectivity index (χ3v) is 3.60. The van der Waals surface area contributed by atoms with Crippen molar-refractivity contribution in [1.29, 1.82) is 0 Å². The van der Waals surface area contributed by atoms with Crippen LogP contribution in [0.5, 0.6) is 0 Å². The van der Waals surface area contributed by atoms with Crippen molar-refractivity contribution in [3.63, 3.8) is 0 Å². The second-order valence-electron chi connectivity index (χ2n) is 1.70. The first-order chi connectivity index (χ1) is 4.68. The Kier molecular flexibility index (Phi) is 7.09. The van der Waals surface area contributed by atoms with E-state index >= 15 is 0 Å². The molecule has 0 amide bonds. The predicted octanol–water partition coefficient (Wildman–Crippen LogP) is 1.36. The first-order valence-corrected chi connectivity index (χ1v) is 6.48. The van der Waals surface area contributed by atoms with Crippen LogP contribution in [-0.4, -0.2) is 11.0 Å². The van der Waals surface area contributed by atoms with Crippen molar-refractivity contribution in [3.05, 3.63) is 0 Å². The normalized spacial score (nSPS) is 9.40. The van der Waals surface area contributed by atoms with Crippen molar-refractivity contribution in [2.45, 2.75) is 19.8 Å². The van der Waals surface area contributed by atoms with Crippen molar-refractivity contribution in [3.8, 4) is 0 Å². The van der Waals surface area contributed by atoms with Crippen LogP contribution >= 0.6 is 12.6 Å². The highest BCUT2D eigenvalue weighted by Crippen LogP contribution is 1.91. The third kappa shape index (κ3) is 5.61. The lowest BCUT2D eigenvalue weighted by Crippen LogP contribution is -1.98. The van der Waals surface area contributed by atoms with Crippen molar-refractivity contribution in [2.24, 2.45) is 0 Å². The maximum absolute atomic E-state index is 5.13. The molecule has 0 aromatic rings. The molecule has 0 rings (SSSR count). The molecule has 0 aliphatic heterocycles. The summed E-state index contributed by atoms with van der Waals surface area (Å²) in [5.41, 5.74) is 0. The fourth-order valence-corrected chi connectivity index (χ4v) is 0.911. The average molecular weight is 214 g/mol. The predicted molar refractivity (Wildman–Crippen MR) is 56.9 cm³/mol. The largest absolute Gasteiger partial charge is 0.330 e. The molecule has 0 bridgehead atoms. The van der Waals surface area contributed by atoms with Gasteiger partial charge in [0, 0.05) is 0 Å². The molecule has 0 spiro atoms. The second kappa shape index (κ2) is 6.54. The van der Waals surface area contributed by atoms with Gasteiger partial charge in [-0.2, -0.15) is 0 Å². The average Bonchev–Trinajstić information content (AvgIpc) is 1.88. The summed E-state index contributed by atoms with van der Waals surface area (Å²) in [7, 11) is -0.638. The van der Waals surface area contributed by atoms with Crippen LogP contribution < -0.4 is 0 Å². The number of ether oxygens (including phenoxy) is 1.